The SMILES string of the molecule is Cc1ccc(C)c(NC(=O)CN2CCC[C@@H](Cc3nccn3C)C2)c1. The Hall–Kier alpha value is -2.14. The van der Waals surface area contributed by atoms with Gasteiger partial charge in [0.15, 0.2) is 0 Å². The van der Waals surface area contributed by atoms with E-state index in [1.807, 2.05) is 39.4 Å². The molecule has 1 saturated heterocycles. The van der Waals surface area contributed by atoms with Crippen LogP contribution < -0.4 is 5.32 Å². The third-order valence-corrected chi connectivity index (χ3v) is 5.03. The van der Waals surface area contributed by atoms with Gasteiger partial charge in [-0.15, -0.1) is 0 Å². The molecule has 1 atom stereocenters. The Kier molecular flexibility index (Phi) is 5.53. The molecule has 1 aliphatic rings. The van der Waals surface area contributed by atoms with E-state index in [-0.39, 0.29) is 5.91 Å². The highest BCUT2D eigenvalue weighted by atomic mass is 16.2. The zero-order chi connectivity index (χ0) is 17.8. The summed E-state index contributed by atoms with van der Waals surface area (Å²) < 4.78 is 2.09. The van der Waals surface area contributed by atoms with Crippen LogP contribution >= 0.6 is 0 Å². The Balaban J connectivity index is 1.54. The van der Waals surface area contributed by atoms with Crippen LogP contribution in [0.25, 0.3) is 0 Å². The van der Waals surface area contributed by atoms with Crippen molar-refractivity contribution in [3.63, 3.8) is 0 Å². The fraction of sp³-hybridized carbons (Fsp3) is 0.500. The number of imidazole rings is 1. The lowest BCUT2D eigenvalue weighted by Gasteiger charge is -2.32. The number of anilines is 1. The van der Waals surface area contributed by atoms with Crippen molar-refractivity contribution in [2.75, 3.05) is 25.0 Å². The molecule has 2 heterocycles. The standard InChI is InChI=1S/C20H28N4O/c1-15-6-7-16(2)18(11-15)22-20(25)14-24-9-4-5-17(13-24)12-19-21-8-10-23(19)3/h6-8,10-11,17H,4-5,9,12-14H2,1-3H3,(H,22,25)/t17-/m0/s1. The second kappa shape index (κ2) is 7.83. The summed E-state index contributed by atoms with van der Waals surface area (Å²) in [5.74, 6) is 1.78. The van der Waals surface area contributed by atoms with Gasteiger partial charge in [0.05, 0.1) is 6.54 Å². The van der Waals surface area contributed by atoms with E-state index in [1.165, 1.54) is 6.42 Å². The van der Waals surface area contributed by atoms with Crippen LogP contribution in [0.3, 0.4) is 0 Å². The molecule has 0 bridgehead atoms. The number of hydrogen-bond acceptors (Lipinski definition) is 3. The van der Waals surface area contributed by atoms with Crippen molar-refractivity contribution in [3.8, 4) is 0 Å². The zero-order valence-electron chi connectivity index (χ0n) is 15.5. The highest BCUT2D eigenvalue weighted by Gasteiger charge is 2.23. The van der Waals surface area contributed by atoms with Gasteiger partial charge in [-0.05, 0) is 56.3 Å². The van der Waals surface area contributed by atoms with Gasteiger partial charge in [0.25, 0.3) is 0 Å². The number of rotatable bonds is 5. The fourth-order valence-corrected chi connectivity index (χ4v) is 3.58. The molecule has 0 saturated carbocycles. The average Bonchev–Trinajstić information content (AvgIpc) is 2.96. The molecular formula is C20H28N4O. The van der Waals surface area contributed by atoms with Gasteiger partial charge < -0.3 is 9.88 Å². The number of nitrogens with zero attached hydrogens (tertiary/aromatic N) is 3. The molecule has 0 spiro atoms. The number of hydrogen-bond donors (Lipinski definition) is 1. The first kappa shape index (κ1) is 17.7. The molecular weight excluding hydrogens is 312 g/mol. The predicted octanol–water partition coefficient (Wildman–Crippen LogP) is 2.93. The number of aromatic nitrogens is 2. The fourth-order valence-electron chi connectivity index (χ4n) is 3.58. The van der Waals surface area contributed by atoms with E-state index in [0.29, 0.717) is 12.5 Å². The first-order valence-electron chi connectivity index (χ1n) is 9.07. The summed E-state index contributed by atoms with van der Waals surface area (Å²) in [6.07, 6.45) is 7.19. The number of nitrogens with one attached hydrogen (secondary N) is 1. The van der Waals surface area contributed by atoms with Crippen LogP contribution in [0.5, 0.6) is 0 Å². The summed E-state index contributed by atoms with van der Waals surface area (Å²) in [5.41, 5.74) is 3.19. The van der Waals surface area contributed by atoms with E-state index in [2.05, 4.69) is 31.9 Å². The molecule has 0 radical (unpaired) electrons. The molecule has 1 aliphatic heterocycles. The van der Waals surface area contributed by atoms with Crippen molar-refractivity contribution in [2.24, 2.45) is 13.0 Å². The molecule has 2 aromatic rings. The molecule has 134 valence electrons. The van der Waals surface area contributed by atoms with E-state index in [0.717, 1.165) is 48.6 Å². The molecule has 1 aromatic carbocycles. The number of aryl methyl sites for hydroxylation is 3. The van der Waals surface area contributed by atoms with Gasteiger partial charge in [0.2, 0.25) is 5.91 Å². The minimum Gasteiger partial charge on any atom is -0.338 e. The summed E-state index contributed by atoms with van der Waals surface area (Å²) in [5, 5.41) is 3.07. The second-order valence-corrected chi connectivity index (χ2v) is 7.27. The molecule has 1 aromatic heterocycles. The molecule has 0 unspecified atom stereocenters. The van der Waals surface area contributed by atoms with Gasteiger partial charge in [-0.2, -0.15) is 0 Å². The van der Waals surface area contributed by atoms with Gasteiger partial charge >= 0.3 is 0 Å². The maximum absolute atomic E-state index is 12.5. The van der Waals surface area contributed by atoms with Gasteiger partial charge in [-0.3, -0.25) is 9.69 Å². The van der Waals surface area contributed by atoms with Gasteiger partial charge in [0, 0.05) is 38.1 Å². The maximum Gasteiger partial charge on any atom is 0.238 e. The number of benzene rings is 1. The molecule has 1 N–H and O–H groups in total. The number of likely N-dealkylation sites (tertiary alicyclic amines) is 1. The molecule has 25 heavy (non-hydrogen) atoms. The minimum atomic E-state index is 0.0753. The average molecular weight is 340 g/mol. The Labute approximate surface area is 150 Å². The molecule has 5 nitrogen and oxygen atoms in total. The van der Waals surface area contributed by atoms with Crippen molar-refractivity contribution in [1.29, 1.82) is 0 Å². The monoisotopic (exact) mass is 340 g/mol. The Bertz CT molecular complexity index is 737. The summed E-state index contributed by atoms with van der Waals surface area (Å²) >= 11 is 0. The summed E-state index contributed by atoms with van der Waals surface area (Å²) in [7, 11) is 2.04. The van der Waals surface area contributed by atoms with Crippen LogP contribution in [-0.4, -0.2) is 40.0 Å². The van der Waals surface area contributed by atoms with Crippen LogP contribution in [0.4, 0.5) is 5.69 Å². The first-order chi connectivity index (χ1) is 12.0. The largest absolute Gasteiger partial charge is 0.338 e. The molecule has 5 heteroatoms. The van der Waals surface area contributed by atoms with Gasteiger partial charge in [-0.25, -0.2) is 4.98 Å². The number of carbonyl (C=O) groups is 1. The second-order valence-electron chi connectivity index (χ2n) is 7.27. The highest BCUT2D eigenvalue weighted by molar-refractivity contribution is 5.93. The lowest BCUT2D eigenvalue weighted by molar-refractivity contribution is -0.117. The van der Waals surface area contributed by atoms with E-state index in [4.69, 9.17) is 0 Å². The van der Waals surface area contributed by atoms with Crippen LogP contribution in [0.2, 0.25) is 0 Å². The predicted molar refractivity (Wildman–Crippen MR) is 101 cm³/mol. The molecule has 0 aliphatic carbocycles. The molecule has 1 fully saturated rings. The number of amides is 1. The topological polar surface area (TPSA) is 50.2 Å². The van der Waals surface area contributed by atoms with Crippen LogP contribution in [0.15, 0.2) is 30.6 Å². The third-order valence-electron chi connectivity index (χ3n) is 5.03. The quantitative estimate of drug-likeness (QED) is 0.910. The normalized spacial score (nSPS) is 18.3. The summed E-state index contributed by atoms with van der Waals surface area (Å²) in [4.78, 5) is 19.2. The lowest BCUT2D eigenvalue weighted by atomic mass is 9.94. The van der Waals surface area contributed by atoms with Gasteiger partial charge in [0.1, 0.15) is 5.82 Å². The van der Waals surface area contributed by atoms with Crippen molar-refractivity contribution in [3.05, 3.63) is 47.5 Å². The minimum absolute atomic E-state index is 0.0753. The van der Waals surface area contributed by atoms with E-state index in [1.54, 1.807) is 0 Å². The zero-order valence-corrected chi connectivity index (χ0v) is 15.5. The number of carbonyl (C=O) groups excluding carboxylic acids is 1. The Morgan fingerprint density at radius 1 is 1.36 bits per heavy atom. The van der Waals surface area contributed by atoms with Crippen molar-refractivity contribution < 1.29 is 4.79 Å². The van der Waals surface area contributed by atoms with Gasteiger partial charge in [-0.1, -0.05) is 12.1 Å². The highest BCUT2D eigenvalue weighted by Crippen LogP contribution is 2.21. The van der Waals surface area contributed by atoms with Crippen molar-refractivity contribution in [1.82, 2.24) is 14.5 Å². The van der Waals surface area contributed by atoms with Crippen LogP contribution in [0.1, 0.15) is 29.8 Å². The summed E-state index contributed by atoms with van der Waals surface area (Å²) in [6, 6.07) is 6.15. The maximum atomic E-state index is 12.5. The molecule has 1 amide bonds. The Morgan fingerprint density at radius 3 is 2.96 bits per heavy atom. The molecule has 3 rings (SSSR count). The third kappa shape index (κ3) is 4.69. The van der Waals surface area contributed by atoms with Crippen molar-refractivity contribution in [2.45, 2.75) is 33.1 Å². The lowest BCUT2D eigenvalue weighted by Crippen LogP contribution is -2.41. The van der Waals surface area contributed by atoms with Crippen molar-refractivity contribution >= 4 is 11.6 Å². The van der Waals surface area contributed by atoms with Crippen LogP contribution in [0, 0.1) is 19.8 Å². The number of piperidine rings is 1. The van der Waals surface area contributed by atoms with E-state index < -0.39 is 0 Å². The summed E-state index contributed by atoms with van der Waals surface area (Å²) in [6.45, 7) is 6.50. The Morgan fingerprint density at radius 2 is 2.20 bits per heavy atom. The van der Waals surface area contributed by atoms with E-state index in [9.17, 15) is 4.79 Å². The first-order valence-corrected chi connectivity index (χ1v) is 9.07. The van der Waals surface area contributed by atoms with E-state index >= 15 is 0 Å². The van der Waals surface area contributed by atoms with Crippen LogP contribution in [-0.2, 0) is 18.3 Å². The smallest absolute Gasteiger partial charge is 0.238 e.